The Labute approximate surface area is 97.5 Å². The van der Waals surface area contributed by atoms with E-state index in [-0.39, 0.29) is 0 Å². The lowest BCUT2D eigenvalue weighted by molar-refractivity contribution is 0.0497. The van der Waals surface area contributed by atoms with Crippen LogP contribution in [-0.4, -0.2) is 31.3 Å². The van der Waals surface area contributed by atoms with E-state index in [4.69, 9.17) is 10.5 Å². The highest BCUT2D eigenvalue weighted by Gasteiger charge is 2.11. The molecule has 0 unspecified atom stereocenters. The Morgan fingerprint density at radius 1 is 1.33 bits per heavy atom. The molecule has 0 spiro atoms. The van der Waals surface area contributed by atoms with E-state index < -0.39 is 0 Å². The number of anilines is 2. The van der Waals surface area contributed by atoms with Gasteiger partial charge in [0.15, 0.2) is 0 Å². The predicted octanol–water partition coefficient (Wildman–Crippen LogP) is 1.69. The fourth-order valence-electron chi connectivity index (χ4n) is 1.47. The number of hydrogen-bond acceptors (Lipinski definition) is 4. The van der Waals surface area contributed by atoms with E-state index in [1.54, 1.807) is 0 Å². The highest BCUT2D eigenvalue weighted by Crippen LogP contribution is 2.23. The zero-order valence-electron chi connectivity index (χ0n) is 8.37. The molecule has 1 aliphatic heterocycles. The summed E-state index contributed by atoms with van der Waals surface area (Å²) in [4.78, 5) is 0. The Kier molecular flexibility index (Phi) is 3.45. The van der Waals surface area contributed by atoms with Gasteiger partial charge in [0.1, 0.15) is 0 Å². The SMILES string of the molecule is Nc1ccc(Br)cc1NN1CCOCC1. The van der Waals surface area contributed by atoms with Crippen LogP contribution in [0, 0.1) is 0 Å². The van der Waals surface area contributed by atoms with E-state index in [9.17, 15) is 0 Å². The number of morpholine rings is 1. The number of nitrogens with one attached hydrogen (secondary N) is 1. The van der Waals surface area contributed by atoms with E-state index in [0.29, 0.717) is 0 Å². The monoisotopic (exact) mass is 271 g/mol. The largest absolute Gasteiger partial charge is 0.397 e. The highest BCUT2D eigenvalue weighted by molar-refractivity contribution is 9.10. The first kappa shape index (κ1) is 10.7. The average molecular weight is 272 g/mol. The minimum atomic E-state index is 0.754. The number of rotatable bonds is 2. The van der Waals surface area contributed by atoms with E-state index in [0.717, 1.165) is 42.2 Å². The second kappa shape index (κ2) is 4.83. The van der Waals surface area contributed by atoms with Gasteiger partial charge in [-0.2, -0.15) is 0 Å². The fourth-order valence-corrected chi connectivity index (χ4v) is 1.83. The first-order chi connectivity index (χ1) is 7.25. The molecule has 0 amide bonds. The van der Waals surface area contributed by atoms with Gasteiger partial charge < -0.3 is 15.9 Å². The van der Waals surface area contributed by atoms with Crippen LogP contribution in [0.4, 0.5) is 11.4 Å². The first-order valence-electron chi connectivity index (χ1n) is 4.90. The lowest BCUT2D eigenvalue weighted by atomic mass is 10.3. The van der Waals surface area contributed by atoms with Gasteiger partial charge in [0.25, 0.3) is 0 Å². The lowest BCUT2D eigenvalue weighted by Gasteiger charge is -2.28. The van der Waals surface area contributed by atoms with E-state index in [2.05, 4.69) is 26.4 Å². The zero-order chi connectivity index (χ0) is 10.7. The van der Waals surface area contributed by atoms with Crippen molar-refractivity contribution < 1.29 is 4.74 Å². The van der Waals surface area contributed by atoms with Crippen LogP contribution < -0.4 is 11.2 Å². The summed E-state index contributed by atoms with van der Waals surface area (Å²) in [7, 11) is 0. The van der Waals surface area contributed by atoms with Gasteiger partial charge in [-0.1, -0.05) is 15.9 Å². The summed E-state index contributed by atoms with van der Waals surface area (Å²) >= 11 is 3.42. The number of benzene rings is 1. The van der Waals surface area contributed by atoms with Crippen molar-refractivity contribution >= 4 is 27.3 Å². The first-order valence-corrected chi connectivity index (χ1v) is 5.69. The molecule has 1 aliphatic rings. The molecular weight excluding hydrogens is 258 g/mol. The van der Waals surface area contributed by atoms with Gasteiger partial charge in [0, 0.05) is 17.6 Å². The second-order valence-electron chi connectivity index (χ2n) is 3.44. The molecule has 0 aliphatic carbocycles. The number of halogens is 1. The van der Waals surface area contributed by atoms with Gasteiger partial charge in [-0.05, 0) is 18.2 Å². The van der Waals surface area contributed by atoms with Gasteiger partial charge in [0.05, 0.1) is 24.6 Å². The lowest BCUT2D eigenvalue weighted by Crippen LogP contribution is -2.40. The number of ether oxygens (including phenoxy) is 1. The third-order valence-corrected chi connectivity index (χ3v) is 2.80. The van der Waals surface area contributed by atoms with E-state index in [1.165, 1.54) is 0 Å². The van der Waals surface area contributed by atoms with Crippen molar-refractivity contribution in [1.82, 2.24) is 5.01 Å². The van der Waals surface area contributed by atoms with Crippen LogP contribution in [0.2, 0.25) is 0 Å². The van der Waals surface area contributed by atoms with Crippen LogP contribution in [-0.2, 0) is 4.74 Å². The maximum Gasteiger partial charge on any atom is 0.0731 e. The van der Waals surface area contributed by atoms with Gasteiger partial charge >= 0.3 is 0 Å². The summed E-state index contributed by atoms with van der Waals surface area (Å²) in [6.45, 7) is 3.29. The molecule has 15 heavy (non-hydrogen) atoms. The molecule has 0 aromatic heterocycles. The summed E-state index contributed by atoms with van der Waals surface area (Å²) in [5.74, 6) is 0. The minimum Gasteiger partial charge on any atom is -0.397 e. The number of nitrogens with zero attached hydrogens (tertiary/aromatic N) is 1. The van der Waals surface area contributed by atoms with E-state index in [1.807, 2.05) is 18.2 Å². The number of hydrogen-bond donors (Lipinski definition) is 2. The van der Waals surface area contributed by atoms with Crippen molar-refractivity contribution in [3.63, 3.8) is 0 Å². The van der Waals surface area contributed by atoms with Gasteiger partial charge in [-0.25, -0.2) is 5.01 Å². The normalized spacial score (nSPS) is 17.7. The standard InChI is InChI=1S/C10H14BrN3O/c11-8-1-2-9(12)10(7-8)13-14-3-5-15-6-4-14/h1-2,7,13H,3-6,12H2. The third-order valence-electron chi connectivity index (χ3n) is 2.30. The molecule has 0 radical (unpaired) electrons. The Balaban J connectivity index is 2.05. The van der Waals surface area contributed by atoms with Crippen LogP contribution in [0.1, 0.15) is 0 Å². The quantitative estimate of drug-likeness (QED) is 0.804. The third kappa shape index (κ3) is 2.84. The molecule has 3 N–H and O–H groups in total. The van der Waals surface area contributed by atoms with E-state index >= 15 is 0 Å². The smallest absolute Gasteiger partial charge is 0.0731 e. The Bertz CT molecular complexity index is 339. The number of hydrazine groups is 1. The maximum atomic E-state index is 5.87. The van der Waals surface area contributed by atoms with Gasteiger partial charge in [-0.3, -0.25) is 0 Å². The summed E-state index contributed by atoms with van der Waals surface area (Å²) < 4.78 is 6.29. The topological polar surface area (TPSA) is 50.5 Å². The Morgan fingerprint density at radius 2 is 2.07 bits per heavy atom. The molecule has 5 heteroatoms. The van der Waals surface area contributed by atoms with Crippen molar-refractivity contribution in [2.45, 2.75) is 0 Å². The minimum absolute atomic E-state index is 0.754. The van der Waals surface area contributed by atoms with Crippen LogP contribution in [0.3, 0.4) is 0 Å². The summed E-state index contributed by atoms with van der Waals surface area (Å²) in [5.41, 5.74) is 10.8. The predicted molar refractivity (Wildman–Crippen MR) is 64.6 cm³/mol. The van der Waals surface area contributed by atoms with Gasteiger partial charge in [0.2, 0.25) is 0 Å². The molecule has 0 saturated carbocycles. The molecule has 1 aromatic carbocycles. The van der Waals surface area contributed by atoms with Crippen molar-refractivity contribution in [2.75, 3.05) is 37.5 Å². The molecule has 1 heterocycles. The van der Waals surface area contributed by atoms with Crippen molar-refractivity contribution in [1.29, 1.82) is 0 Å². The molecule has 4 nitrogen and oxygen atoms in total. The van der Waals surface area contributed by atoms with Crippen LogP contribution >= 0.6 is 15.9 Å². The van der Waals surface area contributed by atoms with Crippen molar-refractivity contribution in [3.05, 3.63) is 22.7 Å². The molecule has 1 fully saturated rings. The van der Waals surface area contributed by atoms with Gasteiger partial charge in [-0.15, -0.1) is 0 Å². The van der Waals surface area contributed by atoms with Crippen LogP contribution in [0.5, 0.6) is 0 Å². The molecule has 82 valence electrons. The Morgan fingerprint density at radius 3 is 2.80 bits per heavy atom. The highest BCUT2D eigenvalue weighted by atomic mass is 79.9. The van der Waals surface area contributed by atoms with Crippen molar-refractivity contribution in [2.24, 2.45) is 0 Å². The Hall–Kier alpha value is -0.780. The number of nitrogen functional groups attached to an aromatic ring is 1. The average Bonchev–Trinajstić information content (AvgIpc) is 2.25. The van der Waals surface area contributed by atoms with Crippen LogP contribution in [0.15, 0.2) is 22.7 Å². The maximum absolute atomic E-state index is 5.87. The zero-order valence-corrected chi connectivity index (χ0v) is 9.96. The van der Waals surface area contributed by atoms with Crippen molar-refractivity contribution in [3.8, 4) is 0 Å². The molecule has 1 aromatic rings. The van der Waals surface area contributed by atoms with Crippen LogP contribution in [0.25, 0.3) is 0 Å². The number of nitrogens with two attached hydrogens (primary N) is 1. The second-order valence-corrected chi connectivity index (χ2v) is 4.36. The molecular formula is C10H14BrN3O. The summed E-state index contributed by atoms with van der Waals surface area (Å²) in [6, 6.07) is 5.79. The fraction of sp³-hybridized carbons (Fsp3) is 0.400. The molecule has 0 atom stereocenters. The summed E-state index contributed by atoms with van der Waals surface area (Å²) in [6.07, 6.45) is 0. The summed E-state index contributed by atoms with van der Waals surface area (Å²) in [5, 5.41) is 2.11. The molecule has 0 bridgehead atoms. The molecule has 2 rings (SSSR count). The molecule has 1 saturated heterocycles.